The lowest BCUT2D eigenvalue weighted by molar-refractivity contribution is -0.123. The number of hydrogen-bond donors (Lipinski definition) is 2. The van der Waals surface area contributed by atoms with Crippen LogP contribution in [0.25, 0.3) is 0 Å². The van der Waals surface area contributed by atoms with Crippen LogP contribution in [0.2, 0.25) is 0 Å². The van der Waals surface area contributed by atoms with Gasteiger partial charge in [0.2, 0.25) is 5.91 Å². The number of carbonyl (C=O) groups excluding carboxylic acids is 1. The number of carbonyl (C=O) groups is 1. The molecule has 1 aromatic rings. The van der Waals surface area contributed by atoms with E-state index in [-0.39, 0.29) is 22.9 Å². The molecule has 2 rings (SSSR count). The van der Waals surface area contributed by atoms with Crippen LogP contribution in [0, 0.1) is 0 Å². The van der Waals surface area contributed by atoms with Gasteiger partial charge >= 0.3 is 0 Å². The third-order valence-electron chi connectivity index (χ3n) is 3.79. The SMILES string of the molecule is CC(C(=O)NC(C)(C)C)c1cccc(CC2(N)CC2)c1. The van der Waals surface area contributed by atoms with Crippen molar-refractivity contribution in [2.24, 2.45) is 5.73 Å². The second-order valence-electron chi connectivity index (χ2n) is 7.25. The van der Waals surface area contributed by atoms with Gasteiger partial charge in [0.05, 0.1) is 5.92 Å². The molecule has 0 saturated heterocycles. The molecule has 0 bridgehead atoms. The minimum absolute atomic E-state index is 0.00945. The molecule has 3 nitrogen and oxygen atoms in total. The summed E-state index contributed by atoms with van der Waals surface area (Å²) in [7, 11) is 0. The van der Waals surface area contributed by atoms with Crippen LogP contribution < -0.4 is 11.1 Å². The van der Waals surface area contributed by atoms with Gasteiger partial charge in [-0.15, -0.1) is 0 Å². The van der Waals surface area contributed by atoms with Gasteiger partial charge in [-0.1, -0.05) is 24.3 Å². The van der Waals surface area contributed by atoms with Crippen molar-refractivity contribution in [2.75, 3.05) is 0 Å². The van der Waals surface area contributed by atoms with Gasteiger partial charge in [0.15, 0.2) is 0 Å². The minimum Gasteiger partial charge on any atom is -0.351 e. The van der Waals surface area contributed by atoms with Gasteiger partial charge in [-0.3, -0.25) is 4.79 Å². The molecule has 1 amide bonds. The van der Waals surface area contributed by atoms with Crippen molar-refractivity contribution in [3.63, 3.8) is 0 Å². The van der Waals surface area contributed by atoms with Crippen molar-refractivity contribution in [3.8, 4) is 0 Å². The maximum Gasteiger partial charge on any atom is 0.227 e. The third-order valence-corrected chi connectivity index (χ3v) is 3.79. The Balaban J connectivity index is 2.07. The first kappa shape index (κ1) is 15.0. The number of nitrogens with two attached hydrogens (primary N) is 1. The van der Waals surface area contributed by atoms with Crippen molar-refractivity contribution >= 4 is 5.91 Å². The van der Waals surface area contributed by atoms with E-state index in [1.165, 1.54) is 5.56 Å². The first-order chi connectivity index (χ1) is 9.19. The molecule has 1 aliphatic carbocycles. The zero-order valence-electron chi connectivity index (χ0n) is 13.0. The summed E-state index contributed by atoms with van der Waals surface area (Å²) in [5, 5.41) is 3.03. The topological polar surface area (TPSA) is 55.1 Å². The number of amides is 1. The van der Waals surface area contributed by atoms with Gasteiger partial charge in [-0.25, -0.2) is 0 Å². The Hall–Kier alpha value is -1.35. The summed E-state index contributed by atoms with van der Waals surface area (Å²) in [6, 6.07) is 8.27. The first-order valence-corrected chi connectivity index (χ1v) is 7.38. The van der Waals surface area contributed by atoms with E-state index < -0.39 is 0 Å². The molecule has 0 aromatic heterocycles. The van der Waals surface area contributed by atoms with Gasteiger partial charge in [0, 0.05) is 11.1 Å². The van der Waals surface area contributed by atoms with Crippen LogP contribution in [0.5, 0.6) is 0 Å². The number of hydrogen-bond acceptors (Lipinski definition) is 2. The molecule has 0 radical (unpaired) electrons. The van der Waals surface area contributed by atoms with Crippen molar-refractivity contribution in [3.05, 3.63) is 35.4 Å². The predicted molar refractivity (Wildman–Crippen MR) is 82.6 cm³/mol. The summed E-state index contributed by atoms with van der Waals surface area (Å²) in [5.74, 6) is -0.0642. The molecular formula is C17H26N2O. The van der Waals surface area contributed by atoms with E-state index in [2.05, 4.69) is 17.4 Å². The van der Waals surface area contributed by atoms with E-state index in [4.69, 9.17) is 5.73 Å². The fourth-order valence-corrected chi connectivity index (χ4v) is 2.35. The summed E-state index contributed by atoms with van der Waals surface area (Å²) in [4.78, 5) is 12.2. The maximum absolute atomic E-state index is 12.2. The molecule has 1 unspecified atom stereocenters. The molecule has 1 fully saturated rings. The summed E-state index contributed by atoms with van der Waals surface area (Å²) in [5.41, 5.74) is 8.28. The molecule has 1 aliphatic rings. The van der Waals surface area contributed by atoms with Crippen LogP contribution in [0.3, 0.4) is 0 Å². The highest BCUT2D eigenvalue weighted by molar-refractivity contribution is 5.83. The lowest BCUT2D eigenvalue weighted by atomic mass is 9.94. The van der Waals surface area contributed by atoms with Crippen LogP contribution >= 0.6 is 0 Å². The average Bonchev–Trinajstić information content (AvgIpc) is 3.04. The molecule has 0 heterocycles. The number of benzene rings is 1. The van der Waals surface area contributed by atoms with Crippen molar-refractivity contribution in [2.45, 2.75) is 64.0 Å². The van der Waals surface area contributed by atoms with Crippen molar-refractivity contribution in [1.82, 2.24) is 5.32 Å². The summed E-state index contributed by atoms with van der Waals surface area (Å²) < 4.78 is 0. The summed E-state index contributed by atoms with van der Waals surface area (Å²) in [6.07, 6.45) is 3.13. The molecule has 0 spiro atoms. The highest BCUT2D eigenvalue weighted by Gasteiger charge is 2.38. The zero-order valence-corrected chi connectivity index (χ0v) is 13.0. The molecular weight excluding hydrogens is 248 g/mol. The first-order valence-electron chi connectivity index (χ1n) is 7.38. The molecule has 3 N–H and O–H groups in total. The molecule has 1 aromatic carbocycles. The minimum atomic E-state index is -0.196. The van der Waals surface area contributed by atoms with E-state index >= 15 is 0 Å². The standard InChI is InChI=1S/C17H26N2O/c1-12(15(20)19-16(2,3)4)14-7-5-6-13(10-14)11-17(18)8-9-17/h5-7,10,12H,8-9,11,18H2,1-4H3,(H,19,20). The fourth-order valence-electron chi connectivity index (χ4n) is 2.35. The van der Waals surface area contributed by atoms with Gasteiger partial charge in [0.25, 0.3) is 0 Å². The Labute approximate surface area is 121 Å². The predicted octanol–water partition coefficient (Wildman–Crippen LogP) is 2.74. The largest absolute Gasteiger partial charge is 0.351 e. The Morgan fingerprint density at radius 3 is 2.60 bits per heavy atom. The Morgan fingerprint density at radius 2 is 2.05 bits per heavy atom. The van der Waals surface area contributed by atoms with E-state index in [0.717, 1.165) is 24.8 Å². The van der Waals surface area contributed by atoms with Crippen LogP contribution in [0.4, 0.5) is 0 Å². The normalized spacial score (nSPS) is 18.4. The van der Waals surface area contributed by atoms with Crippen LogP contribution in [0.15, 0.2) is 24.3 Å². The monoisotopic (exact) mass is 274 g/mol. The Bertz CT molecular complexity index is 498. The molecule has 0 aliphatic heterocycles. The number of nitrogens with one attached hydrogen (secondary N) is 1. The van der Waals surface area contributed by atoms with Gasteiger partial charge in [-0.05, 0) is 58.1 Å². The highest BCUT2D eigenvalue weighted by atomic mass is 16.2. The fraction of sp³-hybridized carbons (Fsp3) is 0.588. The van der Waals surface area contributed by atoms with Crippen LogP contribution in [-0.2, 0) is 11.2 Å². The summed E-state index contributed by atoms with van der Waals surface area (Å²) in [6.45, 7) is 7.95. The second-order valence-corrected chi connectivity index (χ2v) is 7.25. The average molecular weight is 274 g/mol. The molecule has 1 saturated carbocycles. The van der Waals surface area contributed by atoms with E-state index in [1.54, 1.807) is 0 Å². The third kappa shape index (κ3) is 4.07. The van der Waals surface area contributed by atoms with E-state index in [1.807, 2.05) is 39.8 Å². The van der Waals surface area contributed by atoms with Gasteiger partial charge in [0.1, 0.15) is 0 Å². The number of rotatable bonds is 4. The lowest BCUT2D eigenvalue weighted by Crippen LogP contribution is -2.42. The van der Waals surface area contributed by atoms with Gasteiger partial charge in [-0.2, -0.15) is 0 Å². The quantitative estimate of drug-likeness (QED) is 0.887. The lowest BCUT2D eigenvalue weighted by Gasteiger charge is -2.23. The zero-order chi connectivity index (χ0) is 15.0. The van der Waals surface area contributed by atoms with Crippen LogP contribution in [-0.4, -0.2) is 17.0 Å². The smallest absolute Gasteiger partial charge is 0.227 e. The van der Waals surface area contributed by atoms with Gasteiger partial charge < -0.3 is 11.1 Å². The second kappa shape index (κ2) is 5.21. The Morgan fingerprint density at radius 1 is 1.40 bits per heavy atom. The van der Waals surface area contributed by atoms with E-state index in [0.29, 0.717) is 0 Å². The molecule has 20 heavy (non-hydrogen) atoms. The van der Waals surface area contributed by atoms with Crippen LogP contribution in [0.1, 0.15) is 57.6 Å². The maximum atomic E-state index is 12.2. The summed E-state index contributed by atoms with van der Waals surface area (Å²) >= 11 is 0. The highest BCUT2D eigenvalue weighted by Crippen LogP contribution is 2.36. The Kier molecular flexibility index (Phi) is 3.92. The van der Waals surface area contributed by atoms with Crippen molar-refractivity contribution in [1.29, 1.82) is 0 Å². The molecule has 110 valence electrons. The molecule has 1 atom stereocenters. The van der Waals surface area contributed by atoms with Crippen molar-refractivity contribution < 1.29 is 4.79 Å². The van der Waals surface area contributed by atoms with E-state index in [9.17, 15) is 4.79 Å². The molecule has 3 heteroatoms.